The molecule has 0 spiro atoms. The molecule has 0 amide bonds. The third kappa shape index (κ3) is 2.60. The summed E-state index contributed by atoms with van der Waals surface area (Å²) in [5.74, 6) is 0.0563. The smallest absolute Gasteiger partial charge is 0.127 e. The molecule has 92 valence electrons. The maximum absolute atomic E-state index is 9.83. The van der Waals surface area contributed by atoms with E-state index >= 15 is 0 Å². The molecule has 1 aromatic carbocycles. The van der Waals surface area contributed by atoms with E-state index < -0.39 is 0 Å². The summed E-state index contributed by atoms with van der Waals surface area (Å²) in [6.45, 7) is 5.45. The Labute approximate surface area is 109 Å². The number of nitrogens with zero attached hydrogens (tertiary/aromatic N) is 1. The standard InChI is InChI=1S/C14H13NO2S/c1-9(2)14-12(16)5-10(6-13(14)17)3-4-11-7-18-8-15-11/h3-8,16-17H,1H2,2H3/b4-3+. The molecule has 0 atom stereocenters. The normalized spacial score (nSPS) is 10.9. The predicted molar refractivity (Wildman–Crippen MR) is 75.5 cm³/mol. The van der Waals surface area contributed by atoms with E-state index in [-0.39, 0.29) is 11.5 Å². The summed E-state index contributed by atoms with van der Waals surface area (Å²) in [5, 5.41) is 21.6. The minimum Gasteiger partial charge on any atom is -0.507 e. The van der Waals surface area contributed by atoms with Gasteiger partial charge in [0.25, 0.3) is 0 Å². The first kappa shape index (κ1) is 12.4. The van der Waals surface area contributed by atoms with Gasteiger partial charge in [0.1, 0.15) is 11.5 Å². The number of hydrogen-bond donors (Lipinski definition) is 2. The molecule has 4 heteroatoms. The van der Waals surface area contributed by atoms with Crippen molar-refractivity contribution in [2.75, 3.05) is 0 Å². The van der Waals surface area contributed by atoms with Gasteiger partial charge in [-0.25, -0.2) is 4.98 Å². The van der Waals surface area contributed by atoms with Crippen LogP contribution in [0.15, 0.2) is 29.6 Å². The van der Waals surface area contributed by atoms with Crippen LogP contribution in [-0.4, -0.2) is 15.2 Å². The topological polar surface area (TPSA) is 53.4 Å². The van der Waals surface area contributed by atoms with Gasteiger partial charge in [0, 0.05) is 5.38 Å². The first-order valence-corrected chi connectivity index (χ1v) is 6.30. The molecule has 0 saturated carbocycles. The number of phenolic OH excluding ortho intramolecular Hbond substituents is 2. The van der Waals surface area contributed by atoms with Crippen molar-refractivity contribution in [1.82, 2.24) is 4.98 Å². The van der Waals surface area contributed by atoms with Crippen molar-refractivity contribution in [3.63, 3.8) is 0 Å². The second-order valence-corrected chi connectivity index (χ2v) is 4.68. The molecule has 0 radical (unpaired) electrons. The van der Waals surface area contributed by atoms with Crippen molar-refractivity contribution < 1.29 is 10.2 Å². The SMILES string of the molecule is C=C(C)c1c(O)cc(/C=C/c2cscn2)cc1O. The van der Waals surface area contributed by atoms with E-state index in [0.29, 0.717) is 16.7 Å². The molecule has 2 N–H and O–H groups in total. The van der Waals surface area contributed by atoms with Gasteiger partial charge in [-0.15, -0.1) is 11.3 Å². The van der Waals surface area contributed by atoms with Crippen LogP contribution in [0.5, 0.6) is 11.5 Å². The lowest BCUT2D eigenvalue weighted by atomic mass is 10.0. The van der Waals surface area contributed by atoms with Crippen LogP contribution < -0.4 is 0 Å². The van der Waals surface area contributed by atoms with Gasteiger partial charge >= 0.3 is 0 Å². The maximum atomic E-state index is 9.83. The van der Waals surface area contributed by atoms with E-state index in [2.05, 4.69) is 11.6 Å². The molecule has 1 aromatic heterocycles. The first-order valence-electron chi connectivity index (χ1n) is 5.36. The molecule has 0 aliphatic heterocycles. The molecule has 0 fully saturated rings. The largest absolute Gasteiger partial charge is 0.507 e. The van der Waals surface area contributed by atoms with Crippen LogP contribution in [0.25, 0.3) is 17.7 Å². The zero-order valence-corrected chi connectivity index (χ0v) is 10.7. The summed E-state index contributed by atoms with van der Waals surface area (Å²) in [6, 6.07) is 3.18. The quantitative estimate of drug-likeness (QED) is 0.882. The fraction of sp³-hybridized carbons (Fsp3) is 0.0714. The van der Waals surface area contributed by atoms with E-state index in [0.717, 1.165) is 5.69 Å². The van der Waals surface area contributed by atoms with Crippen molar-refractivity contribution in [1.29, 1.82) is 0 Å². The summed E-state index contributed by atoms with van der Waals surface area (Å²) in [6.07, 6.45) is 3.61. The molecular weight excluding hydrogens is 246 g/mol. The van der Waals surface area contributed by atoms with Crippen LogP contribution in [0.4, 0.5) is 0 Å². The number of phenols is 2. The molecule has 3 nitrogen and oxygen atoms in total. The minimum absolute atomic E-state index is 0.0282. The van der Waals surface area contributed by atoms with Gasteiger partial charge in [-0.1, -0.05) is 12.7 Å². The van der Waals surface area contributed by atoms with Crippen LogP contribution in [-0.2, 0) is 0 Å². The number of thiazole rings is 1. The molecule has 2 rings (SSSR count). The summed E-state index contributed by atoms with van der Waals surface area (Å²) in [7, 11) is 0. The van der Waals surface area contributed by atoms with Crippen LogP contribution in [0.2, 0.25) is 0 Å². The Balaban J connectivity index is 2.34. The van der Waals surface area contributed by atoms with E-state index in [1.54, 1.807) is 30.6 Å². The van der Waals surface area contributed by atoms with Crippen molar-refractivity contribution >= 4 is 29.1 Å². The fourth-order valence-electron chi connectivity index (χ4n) is 1.65. The van der Waals surface area contributed by atoms with E-state index in [4.69, 9.17) is 0 Å². The number of hydrogen-bond acceptors (Lipinski definition) is 4. The molecule has 0 unspecified atom stereocenters. The number of allylic oxidation sites excluding steroid dienone is 1. The Kier molecular flexibility index (Phi) is 3.48. The Morgan fingerprint density at radius 2 is 1.94 bits per heavy atom. The van der Waals surface area contributed by atoms with E-state index in [9.17, 15) is 10.2 Å². The van der Waals surface area contributed by atoms with E-state index in [1.807, 2.05) is 11.5 Å². The fourth-order valence-corrected chi connectivity index (χ4v) is 2.17. The molecule has 0 saturated heterocycles. The van der Waals surface area contributed by atoms with Crippen LogP contribution in [0.1, 0.15) is 23.7 Å². The number of benzene rings is 1. The Morgan fingerprint density at radius 3 is 2.44 bits per heavy atom. The van der Waals surface area contributed by atoms with Crippen molar-refractivity contribution in [2.45, 2.75) is 6.92 Å². The highest BCUT2D eigenvalue weighted by Gasteiger charge is 2.09. The van der Waals surface area contributed by atoms with Gasteiger partial charge in [0.05, 0.1) is 16.8 Å². The van der Waals surface area contributed by atoms with Crippen LogP contribution >= 0.6 is 11.3 Å². The molecular formula is C14H13NO2S. The highest BCUT2D eigenvalue weighted by atomic mass is 32.1. The Hall–Kier alpha value is -2.07. The summed E-state index contributed by atoms with van der Waals surface area (Å²) < 4.78 is 0. The second kappa shape index (κ2) is 5.06. The van der Waals surface area contributed by atoms with Crippen molar-refractivity contribution in [3.8, 4) is 11.5 Å². The molecule has 2 aromatic rings. The van der Waals surface area contributed by atoms with Gasteiger partial charge in [-0.05, 0) is 36.3 Å². The zero-order chi connectivity index (χ0) is 13.1. The summed E-state index contributed by atoms with van der Waals surface area (Å²) in [4.78, 5) is 4.11. The first-order chi connectivity index (χ1) is 8.58. The highest BCUT2D eigenvalue weighted by Crippen LogP contribution is 2.34. The maximum Gasteiger partial charge on any atom is 0.127 e. The van der Waals surface area contributed by atoms with Crippen molar-refractivity contribution in [3.05, 3.63) is 46.4 Å². The Bertz CT molecular complexity index is 577. The van der Waals surface area contributed by atoms with Crippen LogP contribution in [0, 0.1) is 0 Å². The third-order valence-electron chi connectivity index (χ3n) is 2.44. The van der Waals surface area contributed by atoms with Gasteiger partial charge in [0.15, 0.2) is 0 Å². The summed E-state index contributed by atoms with van der Waals surface area (Å²) in [5.41, 5.74) is 4.32. The predicted octanol–water partition coefficient (Wildman–Crippen LogP) is 3.76. The molecule has 1 heterocycles. The minimum atomic E-state index is 0.0282. The molecule has 0 aliphatic rings. The van der Waals surface area contributed by atoms with Gasteiger partial charge in [0.2, 0.25) is 0 Å². The average Bonchev–Trinajstić information content (AvgIpc) is 2.77. The number of aromatic hydroxyl groups is 2. The second-order valence-electron chi connectivity index (χ2n) is 3.96. The lowest BCUT2D eigenvalue weighted by Gasteiger charge is -2.07. The molecule has 0 aliphatic carbocycles. The van der Waals surface area contributed by atoms with Gasteiger partial charge in [-0.3, -0.25) is 0 Å². The number of aromatic nitrogens is 1. The lowest BCUT2D eigenvalue weighted by Crippen LogP contribution is -1.84. The Morgan fingerprint density at radius 1 is 1.28 bits per heavy atom. The third-order valence-corrected chi connectivity index (χ3v) is 3.05. The molecule has 0 bridgehead atoms. The number of rotatable bonds is 3. The van der Waals surface area contributed by atoms with Gasteiger partial charge < -0.3 is 10.2 Å². The monoisotopic (exact) mass is 259 g/mol. The van der Waals surface area contributed by atoms with Gasteiger partial charge in [-0.2, -0.15) is 0 Å². The summed E-state index contributed by atoms with van der Waals surface area (Å²) >= 11 is 1.51. The lowest BCUT2D eigenvalue weighted by molar-refractivity contribution is 0.447. The van der Waals surface area contributed by atoms with Crippen LogP contribution in [0.3, 0.4) is 0 Å². The highest BCUT2D eigenvalue weighted by molar-refractivity contribution is 7.07. The molecule has 18 heavy (non-hydrogen) atoms. The zero-order valence-electron chi connectivity index (χ0n) is 9.92. The van der Waals surface area contributed by atoms with E-state index in [1.165, 1.54) is 11.3 Å². The average molecular weight is 259 g/mol. The van der Waals surface area contributed by atoms with Crippen molar-refractivity contribution in [2.24, 2.45) is 0 Å².